The third kappa shape index (κ3) is 7.62. The van der Waals surface area contributed by atoms with Gasteiger partial charge in [0.25, 0.3) is 23.2 Å². The van der Waals surface area contributed by atoms with Gasteiger partial charge in [0.15, 0.2) is 0 Å². The molecule has 0 saturated heterocycles. The fraction of sp³-hybridized carbons (Fsp3) is 0.0682. The van der Waals surface area contributed by atoms with Crippen LogP contribution in [0.4, 0.5) is 34.1 Å². The molecule has 2 heterocycles. The summed E-state index contributed by atoms with van der Waals surface area (Å²) >= 11 is 0. The number of carbonyl (C=O) groups excluding carboxylic acids is 3. The topological polar surface area (TPSA) is 237 Å². The quantitative estimate of drug-likeness (QED) is 0.0428. The zero-order chi connectivity index (χ0) is 41.9. The van der Waals surface area contributed by atoms with E-state index in [-0.39, 0.29) is 29.8 Å². The van der Waals surface area contributed by atoms with Crippen molar-refractivity contribution in [3.63, 3.8) is 0 Å². The van der Waals surface area contributed by atoms with Crippen molar-refractivity contribution >= 4 is 95.5 Å². The minimum atomic E-state index is -1.31. The van der Waals surface area contributed by atoms with Crippen LogP contribution in [0.15, 0.2) is 133 Å². The largest absolute Gasteiger partial charge is 0.368 e. The Bertz CT molecular complexity index is 2960. The minimum Gasteiger partial charge on any atom is -0.368 e. The van der Waals surface area contributed by atoms with Crippen molar-refractivity contribution < 1.29 is 24.2 Å². The summed E-state index contributed by atoms with van der Waals surface area (Å²) in [6.07, 6.45) is -0.188. The molecular weight excluding hydrogens is 767 g/mol. The number of nitrogens with zero attached hydrogens (tertiary/aromatic N) is 4. The number of nitro groups is 2. The van der Waals surface area contributed by atoms with Crippen molar-refractivity contribution in [3.05, 3.63) is 165 Å². The minimum absolute atomic E-state index is 0.115. The van der Waals surface area contributed by atoms with Gasteiger partial charge in [-0.1, -0.05) is 72.8 Å². The number of nitrogens with two attached hydrogens (primary N) is 1. The number of fused-ring (bicyclic) bond motifs is 4. The highest BCUT2D eigenvalue weighted by Gasteiger charge is 2.25. The molecule has 296 valence electrons. The lowest BCUT2D eigenvalue weighted by molar-refractivity contribution is -0.385. The Labute approximate surface area is 339 Å². The molecule has 3 amide bonds. The van der Waals surface area contributed by atoms with Crippen LogP contribution in [0, 0.1) is 20.2 Å². The van der Waals surface area contributed by atoms with Crippen LogP contribution >= 0.6 is 0 Å². The Hall–Kier alpha value is -8.53. The lowest BCUT2D eigenvalue weighted by Gasteiger charge is -2.17. The predicted octanol–water partition coefficient (Wildman–Crippen LogP) is 7.80. The van der Waals surface area contributed by atoms with Crippen LogP contribution in [0.25, 0.3) is 43.6 Å². The summed E-state index contributed by atoms with van der Waals surface area (Å²) in [5.74, 6) is -2.55. The zero-order valence-electron chi connectivity index (χ0n) is 31.4. The number of nitro benzene ring substituents is 2. The summed E-state index contributed by atoms with van der Waals surface area (Å²) in [6, 6.07) is 36.3. The molecule has 8 rings (SSSR count). The number of amides is 3. The Kier molecular flexibility index (Phi) is 10.3. The summed E-state index contributed by atoms with van der Waals surface area (Å²) in [5.41, 5.74) is 8.95. The average molecular weight is 800 g/mol. The van der Waals surface area contributed by atoms with Gasteiger partial charge in [-0.3, -0.25) is 34.6 Å². The van der Waals surface area contributed by atoms with Gasteiger partial charge in [-0.05, 0) is 55.0 Å². The van der Waals surface area contributed by atoms with Gasteiger partial charge >= 0.3 is 0 Å². The summed E-state index contributed by atoms with van der Waals surface area (Å²) in [7, 11) is 0. The van der Waals surface area contributed by atoms with Crippen LogP contribution in [0.3, 0.4) is 0 Å². The molecule has 0 saturated carbocycles. The summed E-state index contributed by atoms with van der Waals surface area (Å²) in [4.78, 5) is 71.6. The molecule has 1 unspecified atom stereocenters. The molecule has 2 aromatic heterocycles. The smallest absolute Gasteiger partial charge is 0.293 e. The van der Waals surface area contributed by atoms with E-state index in [1.165, 1.54) is 24.3 Å². The lowest BCUT2D eigenvalue weighted by atomic mass is 10.1. The number of hydrogen-bond acceptors (Lipinski definition) is 11. The number of pyridine rings is 2. The van der Waals surface area contributed by atoms with E-state index in [9.17, 15) is 34.6 Å². The number of para-hydroxylation sites is 4. The fourth-order valence-electron chi connectivity index (χ4n) is 7.06. The number of anilines is 4. The number of benzene rings is 6. The van der Waals surface area contributed by atoms with Gasteiger partial charge in [0.2, 0.25) is 5.91 Å². The van der Waals surface area contributed by atoms with Crippen LogP contribution in [0.2, 0.25) is 0 Å². The molecule has 6 N–H and O–H groups in total. The van der Waals surface area contributed by atoms with Gasteiger partial charge in [0, 0.05) is 51.5 Å². The first-order chi connectivity index (χ1) is 29.0. The maximum Gasteiger partial charge on any atom is 0.293 e. The molecule has 6 aromatic carbocycles. The van der Waals surface area contributed by atoms with Crippen molar-refractivity contribution in [1.29, 1.82) is 0 Å². The molecule has 0 aliphatic rings. The Morgan fingerprint density at radius 2 is 1.10 bits per heavy atom. The molecule has 0 bridgehead atoms. The molecule has 1 atom stereocenters. The van der Waals surface area contributed by atoms with Crippen molar-refractivity contribution in [2.45, 2.75) is 12.5 Å². The summed E-state index contributed by atoms with van der Waals surface area (Å²) in [6.45, 7) is -0.213. The average Bonchev–Trinajstić information content (AvgIpc) is 3.25. The van der Waals surface area contributed by atoms with Crippen LogP contribution in [0.5, 0.6) is 0 Å². The number of hydrogen-bond donors (Lipinski definition) is 5. The van der Waals surface area contributed by atoms with E-state index in [0.717, 1.165) is 38.6 Å². The van der Waals surface area contributed by atoms with Crippen molar-refractivity contribution in [2.24, 2.45) is 5.73 Å². The Morgan fingerprint density at radius 1 is 0.600 bits per heavy atom. The SMILES string of the molecule is NC(=O)C(CCNC(=O)c1ccc(Nc2c3ccccc3nc3ccccc23)cc1[N+](=O)[O-])NC(=O)c1ccc(Nc2c3ccccc3nc3ccccc23)c([N+](=O)[O-])c1. The predicted molar refractivity (Wildman–Crippen MR) is 229 cm³/mol. The maximum absolute atomic E-state index is 13.4. The third-order valence-corrected chi connectivity index (χ3v) is 9.97. The van der Waals surface area contributed by atoms with Gasteiger partial charge in [-0.2, -0.15) is 0 Å². The third-order valence-electron chi connectivity index (χ3n) is 9.97. The molecule has 0 fully saturated rings. The van der Waals surface area contributed by atoms with Gasteiger partial charge in [0.05, 0.1) is 43.3 Å². The normalized spacial score (nSPS) is 11.6. The first kappa shape index (κ1) is 38.3. The standard InChI is InChI=1S/C44H33N9O7/c45-42(54)37(51-43(55)25-17-20-36(39(23-25)53(59)60)50-41-29-11-3-7-15-34(29)49-35-16-8-4-12-30(35)41)21-22-46-44(56)31-19-18-26(24-38(31)52(57)58)47-40-27-9-1-5-13-32(27)48-33-14-6-2-10-28(33)40/h1-20,23-24,37H,21-22H2,(H2,45,54)(H,46,56)(H,47,48)(H,49,50)(H,51,55). The van der Waals surface area contributed by atoms with Crippen molar-refractivity contribution in [3.8, 4) is 0 Å². The molecule has 60 heavy (non-hydrogen) atoms. The second kappa shape index (κ2) is 16.1. The number of carbonyl (C=O) groups is 3. The van der Waals surface area contributed by atoms with E-state index in [2.05, 4.69) is 26.3 Å². The van der Waals surface area contributed by atoms with E-state index in [1.807, 2.05) is 97.1 Å². The van der Waals surface area contributed by atoms with E-state index < -0.39 is 45.0 Å². The second-order valence-electron chi connectivity index (χ2n) is 13.7. The lowest BCUT2D eigenvalue weighted by Crippen LogP contribution is -2.46. The first-order valence-electron chi connectivity index (χ1n) is 18.6. The molecule has 0 radical (unpaired) electrons. The highest BCUT2D eigenvalue weighted by Crippen LogP contribution is 2.37. The Balaban J connectivity index is 0.959. The monoisotopic (exact) mass is 799 g/mol. The highest BCUT2D eigenvalue weighted by molar-refractivity contribution is 6.10. The van der Waals surface area contributed by atoms with Crippen LogP contribution in [-0.4, -0.2) is 50.1 Å². The second-order valence-corrected chi connectivity index (χ2v) is 13.7. The molecule has 0 spiro atoms. The van der Waals surface area contributed by atoms with Crippen LogP contribution in [-0.2, 0) is 4.79 Å². The Morgan fingerprint density at radius 3 is 1.60 bits per heavy atom. The van der Waals surface area contributed by atoms with E-state index in [0.29, 0.717) is 28.1 Å². The van der Waals surface area contributed by atoms with Crippen molar-refractivity contribution in [1.82, 2.24) is 20.6 Å². The van der Waals surface area contributed by atoms with E-state index >= 15 is 0 Å². The number of aromatic nitrogens is 2. The number of rotatable bonds is 13. The van der Waals surface area contributed by atoms with Gasteiger partial charge < -0.3 is 27.0 Å². The molecule has 8 aromatic rings. The van der Waals surface area contributed by atoms with E-state index in [4.69, 9.17) is 10.7 Å². The van der Waals surface area contributed by atoms with Crippen LogP contribution in [0.1, 0.15) is 27.1 Å². The maximum atomic E-state index is 13.4. The molecule has 0 aliphatic heterocycles. The van der Waals surface area contributed by atoms with Gasteiger partial charge in [-0.25, -0.2) is 9.97 Å². The number of nitrogens with one attached hydrogen (secondary N) is 4. The molecular formula is C44H33N9O7. The molecule has 16 nitrogen and oxygen atoms in total. The van der Waals surface area contributed by atoms with Crippen molar-refractivity contribution in [2.75, 3.05) is 17.2 Å². The molecule has 16 heteroatoms. The van der Waals surface area contributed by atoms with Gasteiger partial charge in [-0.15, -0.1) is 0 Å². The zero-order valence-corrected chi connectivity index (χ0v) is 31.4. The molecule has 0 aliphatic carbocycles. The van der Waals surface area contributed by atoms with Gasteiger partial charge in [0.1, 0.15) is 17.3 Å². The summed E-state index contributed by atoms with van der Waals surface area (Å²) < 4.78 is 0. The van der Waals surface area contributed by atoms with E-state index in [1.54, 1.807) is 6.07 Å². The fourth-order valence-corrected chi connectivity index (χ4v) is 7.06. The summed E-state index contributed by atoms with van der Waals surface area (Å²) in [5, 5.41) is 39.0. The first-order valence-corrected chi connectivity index (χ1v) is 18.6. The van der Waals surface area contributed by atoms with Crippen LogP contribution < -0.4 is 27.0 Å². The highest BCUT2D eigenvalue weighted by atomic mass is 16.6. The number of primary amides is 1.